The first-order valence-electron chi connectivity index (χ1n) is 7.27. The maximum absolute atomic E-state index is 3.86. The molecule has 100 valence electrons. The number of rotatable bonds is 4. The lowest BCUT2D eigenvalue weighted by atomic mass is 9.94. The SMILES string of the molecule is CSC1CCCCC1NCC1CCCCN1C. The summed E-state index contributed by atoms with van der Waals surface area (Å²) in [5.74, 6) is 0. The fraction of sp³-hybridized carbons (Fsp3) is 1.00. The van der Waals surface area contributed by atoms with Gasteiger partial charge in [0.2, 0.25) is 0 Å². The Hall–Kier alpha value is 0.270. The largest absolute Gasteiger partial charge is 0.311 e. The maximum atomic E-state index is 3.86. The lowest BCUT2D eigenvalue weighted by Gasteiger charge is -2.36. The van der Waals surface area contributed by atoms with Crippen LogP contribution >= 0.6 is 11.8 Å². The first kappa shape index (κ1) is 13.7. The minimum absolute atomic E-state index is 0.772. The summed E-state index contributed by atoms with van der Waals surface area (Å²) < 4.78 is 0. The summed E-state index contributed by atoms with van der Waals surface area (Å²) in [6.07, 6.45) is 12.2. The van der Waals surface area contributed by atoms with Gasteiger partial charge in [-0.05, 0) is 45.5 Å². The zero-order valence-corrected chi connectivity index (χ0v) is 12.3. The smallest absolute Gasteiger partial charge is 0.0217 e. The van der Waals surface area contributed by atoms with Crippen LogP contribution in [0.5, 0.6) is 0 Å². The van der Waals surface area contributed by atoms with E-state index in [2.05, 4.69) is 35.3 Å². The van der Waals surface area contributed by atoms with Crippen molar-refractivity contribution in [2.75, 3.05) is 26.4 Å². The van der Waals surface area contributed by atoms with Crippen LogP contribution in [0.15, 0.2) is 0 Å². The summed E-state index contributed by atoms with van der Waals surface area (Å²) in [6.45, 7) is 2.50. The lowest BCUT2D eigenvalue weighted by Crippen LogP contribution is -2.49. The molecule has 1 heterocycles. The molecule has 1 N–H and O–H groups in total. The Morgan fingerprint density at radius 3 is 2.65 bits per heavy atom. The fourth-order valence-electron chi connectivity index (χ4n) is 3.30. The Bertz CT molecular complexity index is 222. The molecule has 0 bridgehead atoms. The number of piperidine rings is 1. The molecule has 17 heavy (non-hydrogen) atoms. The van der Waals surface area contributed by atoms with Crippen molar-refractivity contribution in [1.29, 1.82) is 0 Å². The molecule has 2 fully saturated rings. The van der Waals surface area contributed by atoms with Gasteiger partial charge in [-0.15, -0.1) is 0 Å². The van der Waals surface area contributed by atoms with Gasteiger partial charge in [0.25, 0.3) is 0 Å². The number of nitrogens with one attached hydrogen (secondary N) is 1. The molecule has 1 saturated heterocycles. The van der Waals surface area contributed by atoms with Gasteiger partial charge in [-0.3, -0.25) is 0 Å². The molecule has 2 nitrogen and oxygen atoms in total. The Kier molecular flexibility index (Phi) is 5.64. The zero-order chi connectivity index (χ0) is 12.1. The molecule has 1 saturated carbocycles. The quantitative estimate of drug-likeness (QED) is 0.832. The van der Waals surface area contributed by atoms with E-state index in [9.17, 15) is 0 Å². The third-order valence-corrected chi connectivity index (χ3v) is 5.71. The molecule has 2 rings (SSSR count). The Morgan fingerprint density at radius 2 is 1.88 bits per heavy atom. The summed E-state index contributed by atoms with van der Waals surface area (Å²) in [6, 6.07) is 1.56. The van der Waals surface area contributed by atoms with Gasteiger partial charge in [0.15, 0.2) is 0 Å². The van der Waals surface area contributed by atoms with E-state index in [1.54, 1.807) is 0 Å². The Balaban J connectivity index is 1.75. The molecule has 1 aliphatic heterocycles. The molecular formula is C14H28N2S. The highest BCUT2D eigenvalue weighted by atomic mass is 32.2. The minimum atomic E-state index is 0.772. The molecule has 3 atom stereocenters. The van der Waals surface area contributed by atoms with E-state index < -0.39 is 0 Å². The van der Waals surface area contributed by atoms with Crippen molar-refractivity contribution >= 4 is 11.8 Å². The van der Waals surface area contributed by atoms with Gasteiger partial charge in [0.05, 0.1) is 0 Å². The number of hydrogen-bond donors (Lipinski definition) is 1. The topological polar surface area (TPSA) is 15.3 Å². The highest BCUT2D eigenvalue weighted by Crippen LogP contribution is 2.27. The summed E-state index contributed by atoms with van der Waals surface area (Å²) in [5.41, 5.74) is 0. The Labute approximate surface area is 111 Å². The van der Waals surface area contributed by atoms with Crippen molar-refractivity contribution in [3.8, 4) is 0 Å². The van der Waals surface area contributed by atoms with E-state index in [1.165, 1.54) is 58.0 Å². The van der Waals surface area contributed by atoms with Crippen LogP contribution in [0, 0.1) is 0 Å². The predicted molar refractivity (Wildman–Crippen MR) is 77.8 cm³/mol. The average Bonchev–Trinajstić information content (AvgIpc) is 2.38. The van der Waals surface area contributed by atoms with E-state index in [0.29, 0.717) is 0 Å². The second kappa shape index (κ2) is 7.01. The molecule has 1 aliphatic carbocycles. The molecular weight excluding hydrogens is 228 g/mol. The standard InChI is InChI=1S/C14H28N2S/c1-16-10-6-5-7-12(16)11-15-13-8-3-4-9-14(13)17-2/h12-15H,3-11H2,1-2H3. The number of nitrogens with zero attached hydrogens (tertiary/aromatic N) is 1. The first-order chi connectivity index (χ1) is 8.31. The zero-order valence-electron chi connectivity index (χ0n) is 11.5. The fourth-order valence-corrected chi connectivity index (χ4v) is 4.27. The molecule has 0 aromatic heterocycles. The highest BCUT2D eigenvalue weighted by Gasteiger charge is 2.26. The lowest BCUT2D eigenvalue weighted by molar-refractivity contribution is 0.175. The molecule has 0 spiro atoms. The van der Waals surface area contributed by atoms with Crippen molar-refractivity contribution in [2.24, 2.45) is 0 Å². The predicted octanol–water partition coefficient (Wildman–Crippen LogP) is 2.73. The summed E-state index contributed by atoms with van der Waals surface area (Å²) in [7, 11) is 2.29. The van der Waals surface area contributed by atoms with Crippen LogP contribution in [-0.2, 0) is 0 Å². The number of likely N-dealkylation sites (tertiary alicyclic amines) is 1. The molecule has 0 aromatic carbocycles. The van der Waals surface area contributed by atoms with E-state index in [4.69, 9.17) is 0 Å². The number of thioether (sulfide) groups is 1. The van der Waals surface area contributed by atoms with Crippen molar-refractivity contribution < 1.29 is 0 Å². The van der Waals surface area contributed by atoms with Gasteiger partial charge < -0.3 is 10.2 Å². The molecule has 3 heteroatoms. The summed E-state index contributed by atoms with van der Waals surface area (Å²) in [5, 5.41) is 4.72. The average molecular weight is 256 g/mol. The van der Waals surface area contributed by atoms with Crippen molar-refractivity contribution in [3.63, 3.8) is 0 Å². The van der Waals surface area contributed by atoms with Crippen LogP contribution in [-0.4, -0.2) is 48.6 Å². The third kappa shape index (κ3) is 3.87. The van der Waals surface area contributed by atoms with Crippen LogP contribution in [0.3, 0.4) is 0 Å². The summed E-state index contributed by atoms with van der Waals surface area (Å²) >= 11 is 2.07. The second-order valence-electron chi connectivity index (χ2n) is 5.70. The van der Waals surface area contributed by atoms with Crippen LogP contribution in [0.25, 0.3) is 0 Å². The summed E-state index contributed by atoms with van der Waals surface area (Å²) in [4.78, 5) is 2.55. The Morgan fingerprint density at radius 1 is 1.12 bits per heavy atom. The van der Waals surface area contributed by atoms with Crippen LogP contribution in [0.4, 0.5) is 0 Å². The van der Waals surface area contributed by atoms with Gasteiger partial charge in [0.1, 0.15) is 0 Å². The van der Waals surface area contributed by atoms with E-state index in [-0.39, 0.29) is 0 Å². The van der Waals surface area contributed by atoms with Gasteiger partial charge in [-0.1, -0.05) is 19.3 Å². The van der Waals surface area contributed by atoms with E-state index in [1.807, 2.05) is 0 Å². The van der Waals surface area contributed by atoms with Gasteiger partial charge in [0, 0.05) is 23.9 Å². The van der Waals surface area contributed by atoms with Crippen LogP contribution in [0.1, 0.15) is 44.9 Å². The minimum Gasteiger partial charge on any atom is -0.311 e. The van der Waals surface area contributed by atoms with E-state index in [0.717, 1.165) is 17.3 Å². The van der Waals surface area contributed by atoms with Gasteiger partial charge >= 0.3 is 0 Å². The highest BCUT2D eigenvalue weighted by molar-refractivity contribution is 7.99. The molecule has 3 unspecified atom stereocenters. The normalized spacial score (nSPS) is 36.0. The van der Waals surface area contributed by atoms with Gasteiger partial charge in [-0.2, -0.15) is 11.8 Å². The van der Waals surface area contributed by atoms with Crippen LogP contribution < -0.4 is 5.32 Å². The maximum Gasteiger partial charge on any atom is 0.0217 e. The number of hydrogen-bond acceptors (Lipinski definition) is 3. The van der Waals surface area contributed by atoms with Crippen molar-refractivity contribution in [1.82, 2.24) is 10.2 Å². The monoisotopic (exact) mass is 256 g/mol. The van der Waals surface area contributed by atoms with Crippen molar-refractivity contribution in [2.45, 2.75) is 62.3 Å². The van der Waals surface area contributed by atoms with E-state index >= 15 is 0 Å². The number of likely N-dealkylation sites (N-methyl/N-ethyl adjacent to an activating group) is 1. The molecule has 0 amide bonds. The van der Waals surface area contributed by atoms with Crippen molar-refractivity contribution in [3.05, 3.63) is 0 Å². The van der Waals surface area contributed by atoms with Crippen LogP contribution in [0.2, 0.25) is 0 Å². The molecule has 0 radical (unpaired) electrons. The van der Waals surface area contributed by atoms with Gasteiger partial charge in [-0.25, -0.2) is 0 Å². The first-order valence-corrected chi connectivity index (χ1v) is 8.56. The molecule has 2 aliphatic rings. The molecule has 0 aromatic rings. The second-order valence-corrected chi connectivity index (χ2v) is 6.78. The third-order valence-electron chi connectivity index (χ3n) is 4.54.